The van der Waals surface area contributed by atoms with Gasteiger partial charge in [-0.05, 0) is 0 Å². The molecule has 0 spiro atoms. The first-order valence-corrected chi connectivity index (χ1v) is 3.45. The molecule has 0 unspecified atom stereocenters. The van der Waals surface area contributed by atoms with Crippen molar-refractivity contribution in [1.29, 1.82) is 0 Å². The van der Waals surface area contributed by atoms with E-state index in [1.54, 1.807) is 0 Å². The molecule has 56 valence electrons. The van der Waals surface area contributed by atoms with Crippen LogP contribution in [0, 0.1) is 0 Å². The molecular weight excluding hydrogens is 221 g/mol. The zero-order valence-corrected chi connectivity index (χ0v) is 9.17. The molecule has 0 aliphatic carbocycles. The van der Waals surface area contributed by atoms with Gasteiger partial charge in [0.25, 0.3) is 0 Å². The Morgan fingerprint density at radius 1 is 0.889 bits per heavy atom. The Balaban J connectivity index is -0.0000000133. The smallest absolute Gasteiger partial charge is 1.00 e. The van der Waals surface area contributed by atoms with Gasteiger partial charge in [-0.1, -0.05) is 0 Å². The monoisotopic (exact) mass is 226 g/mol. The standard InChI is InChI=1S/C2H6O2S.Al.3ClH/c1-5(2,3)4;;;;/h1-2H3;;3*1H/q;+3;;;/p-3. The predicted molar refractivity (Wildman–Crippen MR) is 26.5 cm³/mol. The number of rotatable bonds is 0. The third-order valence-electron chi connectivity index (χ3n) is 0. The van der Waals surface area contributed by atoms with Crippen LogP contribution in [0.1, 0.15) is 0 Å². The van der Waals surface area contributed by atoms with Gasteiger partial charge in [-0.2, -0.15) is 0 Å². The second kappa shape index (κ2) is 12.1. The molecule has 0 N–H and O–H groups in total. The molecule has 0 saturated carbocycles. The Kier molecular flexibility index (Phi) is 42.4. The van der Waals surface area contributed by atoms with Crippen molar-refractivity contribution in [3.05, 3.63) is 0 Å². The van der Waals surface area contributed by atoms with Gasteiger partial charge in [0.15, 0.2) is 0 Å². The van der Waals surface area contributed by atoms with Crippen LogP contribution >= 0.6 is 0 Å². The van der Waals surface area contributed by atoms with E-state index >= 15 is 0 Å². The molecule has 0 aromatic carbocycles. The number of sulfone groups is 1. The normalized spacial score (nSPS) is 6.44. The summed E-state index contributed by atoms with van der Waals surface area (Å²) in [4.78, 5) is 0. The van der Waals surface area contributed by atoms with E-state index in [1.165, 1.54) is 0 Å². The van der Waals surface area contributed by atoms with E-state index in [2.05, 4.69) is 0 Å². The summed E-state index contributed by atoms with van der Waals surface area (Å²) in [6.07, 6.45) is 2.32. The first-order valence-electron chi connectivity index (χ1n) is 1.15. The Morgan fingerprint density at radius 3 is 0.889 bits per heavy atom. The van der Waals surface area contributed by atoms with Gasteiger partial charge >= 0.3 is 17.4 Å². The fourth-order valence-corrected chi connectivity index (χ4v) is 0. The van der Waals surface area contributed by atoms with Crippen LogP contribution < -0.4 is 37.2 Å². The molecule has 0 aliphatic rings. The predicted octanol–water partition coefficient (Wildman–Crippen LogP) is -9.71. The van der Waals surface area contributed by atoms with Crippen molar-refractivity contribution in [1.82, 2.24) is 0 Å². The maximum atomic E-state index is 9.63. The van der Waals surface area contributed by atoms with E-state index in [4.69, 9.17) is 0 Å². The molecule has 0 amide bonds. The fourth-order valence-electron chi connectivity index (χ4n) is 0. The molecule has 0 atom stereocenters. The van der Waals surface area contributed by atoms with Gasteiger partial charge in [-0.15, -0.1) is 0 Å². The SMILES string of the molecule is CS(C)(=O)=O.[Al+3].[Cl-].[Cl-].[Cl-]. The van der Waals surface area contributed by atoms with Crippen LogP contribution in [0.4, 0.5) is 0 Å². The summed E-state index contributed by atoms with van der Waals surface area (Å²) < 4.78 is 19.3. The molecule has 0 aliphatic heterocycles. The molecular formula is C2H6AlCl3O2S. The van der Waals surface area contributed by atoms with E-state index in [0.29, 0.717) is 0 Å². The van der Waals surface area contributed by atoms with Crippen molar-refractivity contribution in [3.63, 3.8) is 0 Å². The van der Waals surface area contributed by atoms with Gasteiger partial charge in [0.1, 0.15) is 9.84 Å². The van der Waals surface area contributed by atoms with Gasteiger partial charge in [0, 0.05) is 12.5 Å². The third kappa shape index (κ3) is 276. The van der Waals surface area contributed by atoms with Gasteiger partial charge in [-0.25, -0.2) is 8.42 Å². The van der Waals surface area contributed by atoms with Crippen LogP contribution in [-0.2, 0) is 9.84 Å². The number of halogens is 3. The number of hydrogen-bond acceptors (Lipinski definition) is 2. The van der Waals surface area contributed by atoms with Crippen molar-refractivity contribution in [2.75, 3.05) is 12.5 Å². The van der Waals surface area contributed by atoms with Crippen LogP contribution in [0.2, 0.25) is 0 Å². The van der Waals surface area contributed by atoms with Crippen LogP contribution in [0.15, 0.2) is 0 Å². The average molecular weight is 227 g/mol. The topological polar surface area (TPSA) is 34.1 Å². The van der Waals surface area contributed by atoms with Crippen LogP contribution in [0.25, 0.3) is 0 Å². The maximum absolute atomic E-state index is 9.63. The summed E-state index contributed by atoms with van der Waals surface area (Å²) in [5.41, 5.74) is 0. The van der Waals surface area contributed by atoms with E-state index in [1.807, 2.05) is 0 Å². The quantitative estimate of drug-likeness (QED) is 0.385. The van der Waals surface area contributed by atoms with E-state index in [0.717, 1.165) is 12.5 Å². The van der Waals surface area contributed by atoms with Crippen molar-refractivity contribution in [2.24, 2.45) is 0 Å². The molecule has 9 heavy (non-hydrogen) atoms. The number of hydrogen-bond donors (Lipinski definition) is 0. The van der Waals surface area contributed by atoms with Crippen LogP contribution in [0.3, 0.4) is 0 Å². The summed E-state index contributed by atoms with van der Waals surface area (Å²) in [5, 5.41) is 0. The van der Waals surface area contributed by atoms with Crippen molar-refractivity contribution < 1.29 is 45.6 Å². The minimum Gasteiger partial charge on any atom is -1.00 e. The molecule has 0 heterocycles. The fraction of sp³-hybridized carbons (Fsp3) is 1.00. The summed E-state index contributed by atoms with van der Waals surface area (Å²) >= 11 is 0. The van der Waals surface area contributed by atoms with Gasteiger partial charge < -0.3 is 37.2 Å². The minimum atomic E-state index is -2.67. The summed E-state index contributed by atoms with van der Waals surface area (Å²) in [5.74, 6) is 0. The maximum Gasteiger partial charge on any atom is 3.00 e. The minimum absolute atomic E-state index is 0. The van der Waals surface area contributed by atoms with E-state index < -0.39 is 9.84 Å². The first-order chi connectivity index (χ1) is 2.00. The largest absolute Gasteiger partial charge is 3.00 e. The molecule has 0 rings (SSSR count). The second-order valence-electron chi connectivity index (χ2n) is 1.14. The van der Waals surface area contributed by atoms with Crippen molar-refractivity contribution >= 4 is 27.2 Å². The second-order valence-corrected chi connectivity index (χ2v) is 3.43. The van der Waals surface area contributed by atoms with Gasteiger partial charge in [0.05, 0.1) is 0 Å². The van der Waals surface area contributed by atoms with Gasteiger partial charge in [-0.3, -0.25) is 0 Å². The van der Waals surface area contributed by atoms with Crippen molar-refractivity contribution in [3.8, 4) is 0 Å². The summed E-state index contributed by atoms with van der Waals surface area (Å²) in [7, 11) is -2.67. The van der Waals surface area contributed by atoms with Crippen LogP contribution in [-0.4, -0.2) is 38.3 Å². The van der Waals surface area contributed by atoms with Crippen molar-refractivity contribution in [2.45, 2.75) is 0 Å². The zero-order chi connectivity index (χ0) is 4.50. The third-order valence-corrected chi connectivity index (χ3v) is 0. The Labute approximate surface area is 85.1 Å². The zero-order valence-electron chi connectivity index (χ0n) is 4.94. The molecule has 0 radical (unpaired) electrons. The average Bonchev–Trinajstić information content (AvgIpc) is 0.722. The summed E-state index contributed by atoms with van der Waals surface area (Å²) in [6, 6.07) is 0. The Hall–Kier alpha value is 1.35. The molecule has 2 nitrogen and oxygen atoms in total. The van der Waals surface area contributed by atoms with Gasteiger partial charge in [0.2, 0.25) is 0 Å². The molecule has 0 saturated heterocycles. The Morgan fingerprint density at radius 2 is 0.889 bits per heavy atom. The first kappa shape index (κ1) is 31.6. The molecule has 0 aromatic heterocycles. The molecule has 0 bridgehead atoms. The van der Waals surface area contributed by atoms with E-state index in [-0.39, 0.29) is 54.6 Å². The van der Waals surface area contributed by atoms with E-state index in [9.17, 15) is 8.42 Å². The molecule has 7 heteroatoms. The summed E-state index contributed by atoms with van der Waals surface area (Å²) in [6.45, 7) is 0. The van der Waals surface area contributed by atoms with Crippen LogP contribution in [0.5, 0.6) is 0 Å². The Bertz CT molecular complexity index is 103. The molecule has 0 aromatic rings. The molecule has 0 fully saturated rings.